The van der Waals surface area contributed by atoms with E-state index in [0.717, 1.165) is 24.3 Å². The zero-order valence-electron chi connectivity index (χ0n) is 14.7. The summed E-state index contributed by atoms with van der Waals surface area (Å²) in [4.78, 5) is 18.8. The van der Waals surface area contributed by atoms with Crippen LogP contribution in [-0.4, -0.2) is 33.4 Å². The van der Waals surface area contributed by atoms with Crippen molar-refractivity contribution in [1.29, 1.82) is 0 Å². The molecule has 3 heterocycles. The monoisotopic (exact) mass is 351 g/mol. The molecule has 6 heteroatoms. The predicted octanol–water partition coefficient (Wildman–Crippen LogP) is 3.45. The molecule has 0 saturated carbocycles. The number of imidazole rings is 1. The molecule has 1 amide bonds. The number of nitrogens with zero attached hydrogens (tertiary/aromatic N) is 3. The van der Waals surface area contributed by atoms with Gasteiger partial charge in [-0.3, -0.25) is 4.79 Å². The van der Waals surface area contributed by atoms with Crippen molar-refractivity contribution in [2.75, 3.05) is 13.1 Å². The Hall–Kier alpha value is -3.02. The van der Waals surface area contributed by atoms with Crippen LogP contribution in [0.4, 0.5) is 0 Å². The van der Waals surface area contributed by atoms with Crippen molar-refractivity contribution in [1.82, 2.24) is 14.5 Å². The van der Waals surface area contributed by atoms with Crippen molar-refractivity contribution < 1.29 is 13.9 Å². The number of aromatic nitrogens is 2. The first-order valence-electron chi connectivity index (χ1n) is 8.74. The summed E-state index contributed by atoms with van der Waals surface area (Å²) in [5, 5.41) is 0. The van der Waals surface area contributed by atoms with E-state index in [9.17, 15) is 4.79 Å². The van der Waals surface area contributed by atoms with Gasteiger partial charge in [-0.15, -0.1) is 0 Å². The van der Waals surface area contributed by atoms with Gasteiger partial charge >= 0.3 is 0 Å². The minimum atomic E-state index is -0.0592. The lowest BCUT2D eigenvalue weighted by atomic mass is 10.2. The summed E-state index contributed by atoms with van der Waals surface area (Å²) in [6, 6.07) is 11.7. The van der Waals surface area contributed by atoms with E-state index in [2.05, 4.69) is 9.55 Å². The molecular formula is C20H21N3O3. The van der Waals surface area contributed by atoms with E-state index in [1.165, 1.54) is 0 Å². The highest BCUT2D eigenvalue weighted by Crippen LogP contribution is 2.25. The van der Waals surface area contributed by atoms with Crippen LogP contribution in [0.5, 0.6) is 5.75 Å². The average Bonchev–Trinajstić information content (AvgIpc) is 3.40. The summed E-state index contributed by atoms with van der Waals surface area (Å²) < 4.78 is 13.6. The number of furan rings is 1. The van der Waals surface area contributed by atoms with Gasteiger partial charge in [0.05, 0.1) is 12.4 Å². The van der Waals surface area contributed by atoms with Crippen LogP contribution in [0, 0.1) is 6.92 Å². The van der Waals surface area contributed by atoms with E-state index in [4.69, 9.17) is 9.15 Å². The largest absolute Gasteiger partial charge is 0.486 e. The number of aryl methyl sites for hydroxylation is 1. The van der Waals surface area contributed by atoms with Gasteiger partial charge in [-0.1, -0.05) is 18.2 Å². The maximum absolute atomic E-state index is 12.8. The van der Waals surface area contributed by atoms with Crippen LogP contribution >= 0.6 is 0 Å². The second-order valence-corrected chi connectivity index (χ2v) is 6.53. The Kier molecular flexibility index (Phi) is 4.48. The number of amides is 1. The maximum Gasteiger partial charge on any atom is 0.289 e. The fourth-order valence-electron chi connectivity index (χ4n) is 3.30. The molecule has 0 spiro atoms. The summed E-state index contributed by atoms with van der Waals surface area (Å²) in [5.41, 5.74) is 0.841. The second-order valence-electron chi connectivity index (χ2n) is 6.53. The molecule has 1 aliphatic rings. The standard InChI is InChI=1S/C20H21N3O3/c1-15-11-18(13-25-17-5-3-2-4-6-17)26-19(15)20(24)22-9-7-16(12-22)23-10-8-21-14-23/h2-6,8,10-11,14,16H,7,9,12-13H2,1H3/t16-/m1/s1. The number of ether oxygens (including phenoxy) is 1. The molecule has 2 aromatic heterocycles. The zero-order chi connectivity index (χ0) is 17.9. The van der Waals surface area contributed by atoms with Crippen LogP contribution in [0.2, 0.25) is 0 Å². The summed E-state index contributed by atoms with van der Waals surface area (Å²) in [5.74, 6) is 1.77. The number of likely N-dealkylation sites (tertiary alicyclic amines) is 1. The Labute approximate surface area is 152 Å². The Balaban J connectivity index is 1.41. The van der Waals surface area contributed by atoms with Gasteiger partial charge in [-0.25, -0.2) is 4.98 Å². The first-order chi connectivity index (χ1) is 12.7. The van der Waals surface area contributed by atoms with Crippen LogP contribution in [0.3, 0.4) is 0 Å². The first-order valence-corrected chi connectivity index (χ1v) is 8.74. The topological polar surface area (TPSA) is 60.5 Å². The van der Waals surface area contributed by atoms with Gasteiger partial charge in [-0.05, 0) is 31.5 Å². The van der Waals surface area contributed by atoms with E-state index in [1.54, 1.807) is 12.5 Å². The van der Waals surface area contributed by atoms with Crippen LogP contribution in [-0.2, 0) is 6.61 Å². The molecule has 0 bridgehead atoms. The van der Waals surface area contributed by atoms with Crippen molar-refractivity contribution in [3.8, 4) is 5.75 Å². The Morgan fingerprint density at radius 3 is 2.96 bits per heavy atom. The van der Waals surface area contributed by atoms with Crippen molar-refractivity contribution in [2.45, 2.75) is 26.0 Å². The smallest absolute Gasteiger partial charge is 0.289 e. The van der Waals surface area contributed by atoms with Gasteiger partial charge in [0.15, 0.2) is 5.76 Å². The fraction of sp³-hybridized carbons (Fsp3) is 0.300. The quantitative estimate of drug-likeness (QED) is 0.706. The molecule has 1 aromatic carbocycles. The highest BCUT2D eigenvalue weighted by molar-refractivity contribution is 5.93. The van der Waals surface area contributed by atoms with Crippen LogP contribution < -0.4 is 4.74 Å². The van der Waals surface area contributed by atoms with E-state index in [0.29, 0.717) is 24.7 Å². The average molecular weight is 351 g/mol. The summed E-state index contributed by atoms with van der Waals surface area (Å²) in [6.07, 6.45) is 6.43. The fourth-order valence-corrected chi connectivity index (χ4v) is 3.30. The third-order valence-corrected chi connectivity index (χ3v) is 4.68. The lowest BCUT2D eigenvalue weighted by Crippen LogP contribution is -2.29. The molecule has 0 unspecified atom stereocenters. The third-order valence-electron chi connectivity index (χ3n) is 4.68. The van der Waals surface area contributed by atoms with Gasteiger partial charge in [0, 0.05) is 31.0 Å². The number of rotatable bonds is 5. The molecular weight excluding hydrogens is 330 g/mol. The number of benzene rings is 1. The van der Waals surface area contributed by atoms with Crippen LogP contribution in [0.1, 0.15) is 34.3 Å². The van der Waals surface area contributed by atoms with Crippen molar-refractivity contribution in [3.05, 3.63) is 72.2 Å². The van der Waals surface area contributed by atoms with Crippen LogP contribution in [0.25, 0.3) is 0 Å². The molecule has 26 heavy (non-hydrogen) atoms. The lowest BCUT2D eigenvalue weighted by molar-refractivity contribution is 0.0751. The predicted molar refractivity (Wildman–Crippen MR) is 96.0 cm³/mol. The van der Waals surface area contributed by atoms with Gasteiger partial charge in [0.1, 0.15) is 18.1 Å². The van der Waals surface area contributed by atoms with Gasteiger partial charge in [-0.2, -0.15) is 0 Å². The van der Waals surface area contributed by atoms with Gasteiger partial charge in [0.2, 0.25) is 0 Å². The van der Waals surface area contributed by atoms with E-state index >= 15 is 0 Å². The molecule has 0 radical (unpaired) electrons. The highest BCUT2D eigenvalue weighted by Gasteiger charge is 2.30. The third kappa shape index (κ3) is 3.35. The molecule has 134 valence electrons. The summed E-state index contributed by atoms with van der Waals surface area (Å²) in [6.45, 7) is 3.59. The first kappa shape index (κ1) is 16.4. The number of hydrogen-bond acceptors (Lipinski definition) is 4. The highest BCUT2D eigenvalue weighted by atomic mass is 16.5. The number of para-hydroxylation sites is 1. The van der Waals surface area contributed by atoms with Crippen molar-refractivity contribution in [2.24, 2.45) is 0 Å². The number of carbonyl (C=O) groups excluding carboxylic acids is 1. The van der Waals surface area contributed by atoms with E-state index in [1.807, 2.05) is 54.4 Å². The van der Waals surface area contributed by atoms with E-state index in [-0.39, 0.29) is 11.9 Å². The number of hydrogen-bond donors (Lipinski definition) is 0. The Bertz CT molecular complexity index is 871. The summed E-state index contributed by atoms with van der Waals surface area (Å²) >= 11 is 0. The zero-order valence-corrected chi connectivity index (χ0v) is 14.7. The molecule has 1 atom stereocenters. The molecule has 1 fully saturated rings. The molecule has 4 rings (SSSR count). The van der Waals surface area contributed by atoms with Crippen LogP contribution in [0.15, 0.2) is 59.5 Å². The lowest BCUT2D eigenvalue weighted by Gasteiger charge is -2.16. The Morgan fingerprint density at radius 2 is 2.19 bits per heavy atom. The van der Waals surface area contributed by atoms with E-state index < -0.39 is 0 Å². The maximum atomic E-state index is 12.8. The Morgan fingerprint density at radius 1 is 1.35 bits per heavy atom. The molecule has 0 N–H and O–H groups in total. The van der Waals surface area contributed by atoms with Gasteiger partial charge in [0.25, 0.3) is 5.91 Å². The minimum absolute atomic E-state index is 0.0592. The van der Waals surface area contributed by atoms with Crippen molar-refractivity contribution in [3.63, 3.8) is 0 Å². The van der Waals surface area contributed by atoms with Gasteiger partial charge < -0.3 is 18.6 Å². The summed E-state index contributed by atoms with van der Waals surface area (Å²) in [7, 11) is 0. The normalized spacial score (nSPS) is 16.8. The van der Waals surface area contributed by atoms with Crippen molar-refractivity contribution >= 4 is 5.91 Å². The molecule has 3 aromatic rings. The minimum Gasteiger partial charge on any atom is -0.486 e. The molecule has 1 aliphatic heterocycles. The molecule has 6 nitrogen and oxygen atoms in total. The second kappa shape index (κ2) is 7.07. The molecule has 1 saturated heterocycles. The molecule has 0 aliphatic carbocycles. The SMILES string of the molecule is Cc1cc(COc2ccccc2)oc1C(=O)N1CC[C@@H](n2ccnc2)C1. The number of carbonyl (C=O) groups is 1.